The summed E-state index contributed by atoms with van der Waals surface area (Å²) in [6.45, 7) is 4.50. The Morgan fingerprint density at radius 1 is 1.26 bits per heavy atom. The molecule has 23 heavy (non-hydrogen) atoms. The number of hydrogen-bond donors (Lipinski definition) is 2. The molecule has 8 heteroatoms. The first-order valence-electron chi connectivity index (χ1n) is 6.75. The molecule has 0 unspecified atom stereocenters. The average Bonchev–Trinajstić information content (AvgIpc) is 2.83. The van der Waals surface area contributed by atoms with E-state index in [2.05, 4.69) is 15.3 Å². The first-order valence-corrected chi connectivity index (χ1v) is 7.57. The lowest BCUT2D eigenvalue weighted by Gasteiger charge is -2.10. The Hall–Kier alpha value is -1.55. The number of hydrogen-bond acceptors (Lipinski definition) is 5. The third-order valence-corrected chi connectivity index (χ3v) is 4.17. The van der Waals surface area contributed by atoms with E-state index in [1.165, 1.54) is 4.88 Å². The zero-order valence-electron chi connectivity index (χ0n) is 13.5. The number of guanidine groups is 1. The molecule has 0 aliphatic rings. The predicted molar refractivity (Wildman–Crippen MR) is 105 cm³/mol. The van der Waals surface area contributed by atoms with Gasteiger partial charge in [-0.15, -0.1) is 35.3 Å². The number of benzene rings is 1. The van der Waals surface area contributed by atoms with Gasteiger partial charge in [-0.25, -0.2) is 9.98 Å². The summed E-state index contributed by atoms with van der Waals surface area (Å²) in [5.74, 6) is 1.63. The van der Waals surface area contributed by atoms with Crippen molar-refractivity contribution >= 4 is 47.0 Å². The molecule has 0 bridgehead atoms. The number of nitrogens with zero attached hydrogens (tertiary/aromatic N) is 2. The molecule has 0 saturated carbocycles. The van der Waals surface area contributed by atoms with Crippen molar-refractivity contribution in [1.29, 1.82) is 0 Å². The van der Waals surface area contributed by atoms with Gasteiger partial charge in [0, 0.05) is 16.6 Å². The molecular weight excluding hydrogens is 427 g/mol. The molecule has 2 aromatic rings. The van der Waals surface area contributed by atoms with Crippen molar-refractivity contribution in [1.82, 2.24) is 4.98 Å². The standard InChI is InChI=1S/C15H20N4O2S.HI/c1-9-10(2)22-14(18-9)8-17-15(16)19-11-5-6-12(20-3)13(7-11)21-4;/h5-7H,8H2,1-4H3,(H3,16,17,19);1H. The Morgan fingerprint density at radius 3 is 2.52 bits per heavy atom. The summed E-state index contributed by atoms with van der Waals surface area (Å²) < 4.78 is 10.4. The van der Waals surface area contributed by atoms with Crippen molar-refractivity contribution < 1.29 is 9.47 Å². The highest BCUT2D eigenvalue weighted by Gasteiger charge is 2.06. The van der Waals surface area contributed by atoms with Gasteiger partial charge in [0.25, 0.3) is 0 Å². The highest BCUT2D eigenvalue weighted by molar-refractivity contribution is 14.0. The quantitative estimate of drug-likeness (QED) is 0.417. The Morgan fingerprint density at radius 2 is 1.96 bits per heavy atom. The molecule has 6 nitrogen and oxygen atoms in total. The molecule has 0 saturated heterocycles. The van der Waals surface area contributed by atoms with Gasteiger partial charge in [-0.1, -0.05) is 0 Å². The van der Waals surface area contributed by atoms with Gasteiger partial charge < -0.3 is 20.5 Å². The fourth-order valence-electron chi connectivity index (χ4n) is 1.86. The number of halogens is 1. The van der Waals surface area contributed by atoms with Crippen LogP contribution in [0, 0.1) is 13.8 Å². The number of nitrogens with one attached hydrogen (secondary N) is 1. The minimum atomic E-state index is 0. The maximum atomic E-state index is 5.90. The van der Waals surface area contributed by atoms with E-state index >= 15 is 0 Å². The van der Waals surface area contributed by atoms with Crippen molar-refractivity contribution in [3.8, 4) is 11.5 Å². The molecule has 1 heterocycles. The number of aryl methyl sites for hydroxylation is 2. The van der Waals surface area contributed by atoms with E-state index in [1.807, 2.05) is 26.0 Å². The second kappa shape index (κ2) is 8.92. The smallest absolute Gasteiger partial charge is 0.193 e. The minimum absolute atomic E-state index is 0. The lowest BCUT2D eigenvalue weighted by atomic mass is 10.3. The summed E-state index contributed by atoms with van der Waals surface area (Å²) in [5.41, 5.74) is 7.73. The van der Waals surface area contributed by atoms with Gasteiger partial charge in [0.1, 0.15) is 5.01 Å². The van der Waals surface area contributed by atoms with E-state index in [4.69, 9.17) is 15.2 Å². The van der Waals surface area contributed by atoms with E-state index in [1.54, 1.807) is 31.6 Å². The molecular formula is C15H21IN4O2S. The number of methoxy groups -OCH3 is 2. The molecule has 0 radical (unpaired) electrons. The zero-order chi connectivity index (χ0) is 16.1. The summed E-state index contributed by atoms with van der Waals surface area (Å²) >= 11 is 1.64. The number of anilines is 1. The fourth-order valence-corrected chi connectivity index (χ4v) is 2.72. The number of aromatic nitrogens is 1. The molecule has 0 aliphatic carbocycles. The van der Waals surface area contributed by atoms with Gasteiger partial charge in [-0.05, 0) is 26.0 Å². The van der Waals surface area contributed by atoms with Crippen LogP contribution in [0.15, 0.2) is 23.2 Å². The Balaban J connectivity index is 0.00000264. The van der Waals surface area contributed by atoms with Crippen LogP contribution in [-0.2, 0) is 6.54 Å². The van der Waals surface area contributed by atoms with Gasteiger partial charge in [-0.2, -0.15) is 0 Å². The highest BCUT2D eigenvalue weighted by atomic mass is 127. The number of aliphatic imine (C=N–C) groups is 1. The first kappa shape index (κ1) is 19.5. The normalized spacial score (nSPS) is 10.9. The van der Waals surface area contributed by atoms with Crippen LogP contribution in [0.1, 0.15) is 15.6 Å². The van der Waals surface area contributed by atoms with Crippen molar-refractivity contribution in [2.45, 2.75) is 20.4 Å². The molecule has 2 rings (SSSR count). The van der Waals surface area contributed by atoms with Crippen molar-refractivity contribution in [3.05, 3.63) is 33.8 Å². The highest BCUT2D eigenvalue weighted by Crippen LogP contribution is 2.29. The Kier molecular flexibility index (Phi) is 7.56. The summed E-state index contributed by atoms with van der Waals surface area (Å²) in [4.78, 5) is 9.94. The number of thiazole rings is 1. The van der Waals surface area contributed by atoms with E-state index in [0.717, 1.165) is 16.4 Å². The van der Waals surface area contributed by atoms with Gasteiger partial charge >= 0.3 is 0 Å². The monoisotopic (exact) mass is 448 g/mol. The molecule has 0 aliphatic heterocycles. The van der Waals surface area contributed by atoms with Crippen molar-refractivity contribution in [2.75, 3.05) is 19.5 Å². The Bertz CT molecular complexity index is 669. The Labute approximate surface area is 157 Å². The number of ether oxygens (including phenoxy) is 2. The van der Waals surface area contributed by atoms with E-state index in [-0.39, 0.29) is 24.0 Å². The molecule has 1 aromatic carbocycles. The van der Waals surface area contributed by atoms with Crippen LogP contribution >= 0.6 is 35.3 Å². The zero-order valence-corrected chi connectivity index (χ0v) is 16.7. The largest absolute Gasteiger partial charge is 0.493 e. The summed E-state index contributed by atoms with van der Waals surface area (Å²) in [6, 6.07) is 5.46. The van der Waals surface area contributed by atoms with E-state index < -0.39 is 0 Å². The van der Waals surface area contributed by atoms with Gasteiger partial charge in [0.05, 0.1) is 26.5 Å². The molecule has 3 N–H and O–H groups in total. The van der Waals surface area contributed by atoms with Crippen molar-refractivity contribution in [3.63, 3.8) is 0 Å². The fraction of sp³-hybridized carbons (Fsp3) is 0.333. The van der Waals surface area contributed by atoms with Crippen molar-refractivity contribution in [2.24, 2.45) is 10.7 Å². The predicted octanol–water partition coefficient (Wildman–Crippen LogP) is 3.32. The van der Waals surface area contributed by atoms with Crippen LogP contribution < -0.4 is 20.5 Å². The molecule has 0 spiro atoms. The first-order chi connectivity index (χ1) is 10.5. The summed E-state index contributed by atoms with van der Waals surface area (Å²) in [6.07, 6.45) is 0. The molecule has 0 amide bonds. The third kappa shape index (κ3) is 5.24. The molecule has 1 aromatic heterocycles. The lowest BCUT2D eigenvalue weighted by Crippen LogP contribution is -2.22. The summed E-state index contributed by atoms with van der Waals surface area (Å²) in [5, 5.41) is 3.98. The SMILES string of the molecule is COc1ccc(NC(N)=NCc2nc(C)c(C)s2)cc1OC.I. The average molecular weight is 448 g/mol. The maximum Gasteiger partial charge on any atom is 0.193 e. The number of nitrogens with two attached hydrogens (primary N) is 1. The topological polar surface area (TPSA) is 81.8 Å². The minimum Gasteiger partial charge on any atom is -0.493 e. The molecule has 126 valence electrons. The van der Waals surface area contributed by atoms with Crippen LogP contribution in [0.3, 0.4) is 0 Å². The maximum absolute atomic E-state index is 5.90. The van der Waals surface area contributed by atoms with E-state index in [0.29, 0.717) is 24.0 Å². The van der Waals surface area contributed by atoms with Gasteiger partial charge in [0.2, 0.25) is 0 Å². The molecule has 0 atom stereocenters. The van der Waals surface area contributed by atoms with Crippen LogP contribution in [0.2, 0.25) is 0 Å². The van der Waals surface area contributed by atoms with Gasteiger partial charge in [0.15, 0.2) is 17.5 Å². The van der Waals surface area contributed by atoms with Crippen LogP contribution in [0.5, 0.6) is 11.5 Å². The second-order valence-electron chi connectivity index (χ2n) is 4.65. The summed E-state index contributed by atoms with van der Waals surface area (Å²) in [7, 11) is 3.19. The second-order valence-corrected chi connectivity index (χ2v) is 5.93. The van der Waals surface area contributed by atoms with Crippen LogP contribution in [0.4, 0.5) is 5.69 Å². The third-order valence-electron chi connectivity index (χ3n) is 3.11. The van der Waals surface area contributed by atoms with Gasteiger partial charge in [-0.3, -0.25) is 0 Å². The van der Waals surface area contributed by atoms with E-state index in [9.17, 15) is 0 Å². The van der Waals surface area contributed by atoms with Crippen LogP contribution in [0.25, 0.3) is 0 Å². The molecule has 0 fully saturated rings. The number of rotatable bonds is 5. The van der Waals surface area contributed by atoms with Crippen LogP contribution in [-0.4, -0.2) is 25.2 Å². The lowest BCUT2D eigenvalue weighted by molar-refractivity contribution is 0.355.